The number of rotatable bonds is 6. The van der Waals surface area contributed by atoms with E-state index in [2.05, 4.69) is 20.8 Å². The Morgan fingerprint density at radius 2 is 2.10 bits per heavy atom. The molecule has 1 unspecified atom stereocenters. The molecule has 1 aromatic carbocycles. The smallest absolute Gasteiger partial charge is 0.225 e. The van der Waals surface area contributed by atoms with Crippen LogP contribution in [-0.4, -0.2) is 33.3 Å². The maximum atomic E-state index is 11.9. The lowest BCUT2D eigenvalue weighted by Gasteiger charge is -2.12. The summed E-state index contributed by atoms with van der Waals surface area (Å²) in [5.74, 6) is -0.000596. The lowest BCUT2D eigenvalue weighted by Crippen LogP contribution is -2.30. The summed E-state index contributed by atoms with van der Waals surface area (Å²) in [6, 6.07) is 7.74. The van der Waals surface area contributed by atoms with E-state index < -0.39 is 0 Å². The molecule has 6 heteroatoms. The number of benzene rings is 1. The number of anilines is 1. The van der Waals surface area contributed by atoms with Crippen LogP contribution in [0.2, 0.25) is 0 Å². The Kier molecular flexibility index (Phi) is 4.84. The van der Waals surface area contributed by atoms with E-state index in [1.54, 1.807) is 17.2 Å². The molecule has 0 aliphatic heterocycles. The molecular formula is C14H19N5O. The number of nitrogens with one attached hydrogen (secondary N) is 2. The van der Waals surface area contributed by atoms with Crippen LogP contribution in [0.3, 0.4) is 0 Å². The number of hydrogen-bond acceptors (Lipinski definition) is 4. The molecule has 2 rings (SSSR count). The average molecular weight is 273 g/mol. The zero-order valence-electron chi connectivity index (χ0n) is 11.7. The molecule has 2 aromatic rings. The minimum absolute atomic E-state index is 0.000596. The Morgan fingerprint density at radius 1 is 1.35 bits per heavy atom. The van der Waals surface area contributed by atoms with Gasteiger partial charge in [0.15, 0.2) is 0 Å². The molecule has 1 heterocycles. The quantitative estimate of drug-likeness (QED) is 0.838. The van der Waals surface area contributed by atoms with Gasteiger partial charge in [-0.1, -0.05) is 13.0 Å². The average Bonchev–Trinajstić information content (AvgIpc) is 2.92. The van der Waals surface area contributed by atoms with Crippen molar-refractivity contribution in [2.24, 2.45) is 0 Å². The van der Waals surface area contributed by atoms with Gasteiger partial charge in [-0.3, -0.25) is 9.36 Å². The van der Waals surface area contributed by atoms with Crippen LogP contribution >= 0.6 is 0 Å². The molecule has 106 valence electrons. The number of nitrogens with zero attached hydrogens (tertiary/aromatic N) is 3. The van der Waals surface area contributed by atoms with E-state index in [0.717, 1.165) is 17.9 Å². The van der Waals surface area contributed by atoms with Gasteiger partial charge in [0.1, 0.15) is 12.7 Å². The third-order valence-electron chi connectivity index (χ3n) is 2.89. The van der Waals surface area contributed by atoms with Crippen molar-refractivity contribution in [1.82, 2.24) is 20.1 Å². The van der Waals surface area contributed by atoms with Crippen molar-refractivity contribution in [3.05, 3.63) is 36.9 Å². The summed E-state index contributed by atoms with van der Waals surface area (Å²) in [7, 11) is 0. The van der Waals surface area contributed by atoms with Crippen molar-refractivity contribution in [2.45, 2.75) is 26.3 Å². The molecular weight excluding hydrogens is 254 g/mol. The van der Waals surface area contributed by atoms with E-state index in [1.807, 2.05) is 38.1 Å². The number of amides is 1. The fraction of sp³-hybridized carbons (Fsp3) is 0.357. The summed E-state index contributed by atoms with van der Waals surface area (Å²) in [5, 5.41) is 13.6. The first-order valence-electron chi connectivity index (χ1n) is 6.67. The van der Waals surface area contributed by atoms with Gasteiger partial charge in [-0.2, -0.15) is 0 Å². The molecule has 0 fully saturated rings. The first-order valence-corrected chi connectivity index (χ1v) is 6.67. The fourth-order valence-electron chi connectivity index (χ4n) is 1.99. The summed E-state index contributed by atoms with van der Waals surface area (Å²) in [6.45, 7) is 4.88. The first kappa shape index (κ1) is 14.2. The largest absolute Gasteiger partial charge is 0.326 e. The lowest BCUT2D eigenvalue weighted by atomic mass is 10.2. The van der Waals surface area contributed by atoms with Gasteiger partial charge >= 0.3 is 0 Å². The van der Waals surface area contributed by atoms with Crippen LogP contribution in [0, 0.1) is 0 Å². The SMILES string of the molecule is CCNC(C)CC(=O)Nc1cccc(-n2cnnc2)c1. The zero-order chi connectivity index (χ0) is 14.4. The zero-order valence-corrected chi connectivity index (χ0v) is 11.7. The third-order valence-corrected chi connectivity index (χ3v) is 2.89. The molecule has 1 amide bonds. The minimum Gasteiger partial charge on any atom is -0.326 e. The van der Waals surface area contributed by atoms with E-state index in [9.17, 15) is 4.79 Å². The highest BCUT2D eigenvalue weighted by Gasteiger charge is 2.08. The van der Waals surface area contributed by atoms with Crippen molar-refractivity contribution >= 4 is 11.6 Å². The second kappa shape index (κ2) is 6.81. The van der Waals surface area contributed by atoms with Crippen molar-refractivity contribution in [3.8, 4) is 5.69 Å². The minimum atomic E-state index is -0.000596. The van der Waals surface area contributed by atoms with Crippen molar-refractivity contribution in [1.29, 1.82) is 0 Å². The van der Waals surface area contributed by atoms with Crippen LogP contribution in [0.1, 0.15) is 20.3 Å². The Bertz CT molecular complexity index is 552. The molecule has 1 atom stereocenters. The summed E-state index contributed by atoms with van der Waals surface area (Å²) >= 11 is 0. The molecule has 0 aliphatic rings. The normalized spacial score (nSPS) is 12.1. The lowest BCUT2D eigenvalue weighted by molar-refractivity contribution is -0.116. The molecule has 0 saturated carbocycles. The summed E-state index contributed by atoms with van der Waals surface area (Å²) in [5.41, 5.74) is 1.68. The molecule has 20 heavy (non-hydrogen) atoms. The number of aromatic nitrogens is 3. The van der Waals surface area contributed by atoms with Gasteiger partial charge < -0.3 is 10.6 Å². The molecule has 0 bridgehead atoms. The van der Waals surface area contributed by atoms with E-state index in [1.165, 1.54) is 0 Å². The van der Waals surface area contributed by atoms with Gasteiger partial charge in [0, 0.05) is 18.2 Å². The Balaban J connectivity index is 1.99. The van der Waals surface area contributed by atoms with E-state index in [-0.39, 0.29) is 11.9 Å². The van der Waals surface area contributed by atoms with Crippen LogP contribution in [0.5, 0.6) is 0 Å². The summed E-state index contributed by atoms with van der Waals surface area (Å²) < 4.78 is 1.79. The van der Waals surface area contributed by atoms with Crippen LogP contribution in [0.15, 0.2) is 36.9 Å². The highest BCUT2D eigenvalue weighted by Crippen LogP contribution is 2.14. The maximum absolute atomic E-state index is 11.9. The fourth-order valence-corrected chi connectivity index (χ4v) is 1.99. The highest BCUT2D eigenvalue weighted by molar-refractivity contribution is 5.91. The monoisotopic (exact) mass is 273 g/mol. The van der Waals surface area contributed by atoms with Crippen molar-refractivity contribution in [3.63, 3.8) is 0 Å². The molecule has 0 saturated heterocycles. The van der Waals surface area contributed by atoms with Gasteiger partial charge in [-0.05, 0) is 31.7 Å². The molecule has 0 aliphatic carbocycles. The van der Waals surface area contributed by atoms with E-state index in [0.29, 0.717) is 6.42 Å². The molecule has 0 spiro atoms. The van der Waals surface area contributed by atoms with Gasteiger partial charge in [0.25, 0.3) is 0 Å². The van der Waals surface area contributed by atoms with E-state index in [4.69, 9.17) is 0 Å². The van der Waals surface area contributed by atoms with Crippen LogP contribution in [-0.2, 0) is 4.79 Å². The summed E-state index contributed by atoms with van der Waals surface area (Å²) in [6.07, 6.45) is 3.69. The predicted molar refractivity (Wildman–Crippen MR) is 77.7 cm³/mol. The standard InChI is InChI=1S/C14H19N5O/c1-3-15-11(2)7-14(20)18-12-5-4-6-13(8-12)19-9-16-17-10-19/h4-6,8-11,15H,3,7H2,1-2H3,(H,18,20). The second-order valence-corrected chi connectivity index (χ2v) is 4.63. The number of carbonyl (C=O) groups excluding carboxylic acids is 1. The Morgan fingerprint density at radius 3 is 2.80 bits per heavy atom. The van der Waals surface area contributed by atoms with Gasteiger partial charge in [-0.15, -0.1) is 10.2 Å². The maximum Gasteiger partial charge on any atom is 0.225 e. The summed E-state index contributed by atoms with van der Waals surface area (Å²) in [4.78, 5) is 11.9. The molecule has 2 N–H and O–H groups in total. The molecule has 6 nitrogen and oxygen atoms in total. The molecule has 0 radical (unpaired) electrons. The second-order valence-electron chi connectivity index (χ2n) is 4.63. The van der Waals surface area contributed by atoms with Gasteiger partial charge in [-0.25, -0.2) is 0 Å². The third kappa shape index (κ3) is 3.89. The van der Waals surface area contributed by atoms with E-state index >= 15 is 0 Å². The first-order chi connectivity index (χ1) is 9.69. The predicted octanol–water partition coefficient (Wildman–Crippen LogP) is 1.59. The topological polar surface area (TPSA) is 71.8 Å². The van der Waals surface area contributed by atoms with Gasteiger partial charge in [0.05, 0.1) is 5.69 Å². The Labute approximate surface area is 118 Å². The van der Waals surface area contributed by atoms with Gasteiger partial charge in [0.2, 0.25) is 5.91 Å². The van der Waals surface area contributed by atoms with Crippen LogP contribution in [0.4, 0.5) is 5.69 Å². The number of carbonyl (C=O) groups is 1. The highest BCUT2D eigenvalue weighted by atomic mass is 16.1. The van der Waals surface area contributed by atoms with Crippen molar-refractivity contribution < 1.29 is 4.79 Å². The Hall–Kier alpha value is -2.21. The number of hydrogen-bond donors (Lipinski definition) is 2. The van der Waals surface area contributed by atoms with Crippen LogP contribution in [0.25, 0.3) is 5.69 Å². The van der Waals surface area contributed by atoms with Crippen LogP contribution < -0.4 is 10.6 Å². The molecule has 1 aromatic heterocycles. The van der Waals surface area contributed by atoms with Crippen molar-refractivity contribution in [2.75, 3.05) is 11.9 Å².